The number of hydrogen-bond donors (Lipinski definition) is 6. The Morgan fingerprint density at radius 1 is 0.476 bits per heavy atom. The van der Waals surface area contributed by atoms with Gasteiger partial charge >= 0.3 is 5.97 Å². The zero-order valence-electron chi connectivity index (χ0n) is 53.0. The van der Waals surface area contributed by atoms with Crippen LogP contribution in [0.15, 0.2) is 134 Å². The fourth-order valence-corrected chi connectivity index (χ4v) is 9.59. The molecule has 0 aliphatic carbocycles. The maximum Gasteiger partial charge on any atom is 0.306 e. The van der Waals surface area contributed by atoms with Gasteiger partial charge in [-0.2, -0.15) is 0 Å². The molecule has 1 heterocycles. The fraction of sp³-hybridized carbons (Fsp3) is 0.671. The number of amides is 1. The molecule has 0 radical (unpaired) electrons. The van der Waals surface area contributed by atoms with Crippen LogP contribution in [0.25, 0.3) is 0 Å². The summed E-state index contributed by atoms with van der Waals surface area (Å²) in [4.78, 5) is 26.6. The standard InChI is InChI=1S/C73H121NO10/c1-4-7-10-13-16-19-22-25-27-29-31-32-33-34-35-37-38-40-42-45-48-51-54-57-60-66(77)72(81)74-64(65(76)59-56-53-50-47-44-24-21-18-15-12-9-6-3)63-82-73-71(70(80)69(79)67(62-75)83-73)84-68(78)61-58-55-52-49-46-43-41-39-36-30-28-26-23-20-17-14-11-8-5-2/h7-8,10-11,16-17,19-20,25-28,31-32,34-36,39,43,46,56,59,64-67,69-71,73,75-77,79-80H,4-6,9,12-15,18,21-24,29-30,33,37-38,40-42,44-45,47-55,57-58,60-63H2,1-3H3,(H,74,81)/b10-7-,11-8-,19-16-,20-17-,27-25-,28-26-,32-31-,35-34-,39-36-,46-43-,59-56+. The minimum absolute atomic E-state index is 0.0766. The molecule has 11 nitrogen and oxygen atoms in total. The van der Waals surface area contributed by atoms with Gasteiger partial charge in [-0.25, -0.2) is 0 Å². The van der Waals surface area contributed by atoms with Gasteiger partial charge in [0.25, 0.3) is 0 Å². The largest absolute Gasteiger partial charge is 0.454 e. The predicted octanol–water partition coefficient (Wildman–Crippen LogP) is 16.8. The van der Waals surface area contributed by atoms with E-state index in [1.807, 2.05) is 6.08 Å². The van der Waals surface area contributed by atoms with Crippen LogP contribution in [-0.4, -0.2) is 99.6 Å². The van der Waals surface area contributed by atoms with Gasteiger partial charge in [0.15, 0.2) is 12.4 Å². The van der Waals surface area contributed by atoms with Crippen LogP contribution in [0.1, 0.15) is 252 Å². The second-order valence-corrected chi connectivity index (χ2v) is 22.4. The van der Waals surface area contributed by atoms with E-state index in [1.165, 1.54) is 64.2 Å². The molecule has 1 amide bonds. The van der Waals surface area contributed by atoms with Crippen molar-refractivity contribution >= 4 is 11.9 Å². The van der Waals surface area contributed by atoms with Crippen LogP contribution < -0.4 is 5.32 Å². The van der Waals surface area contributed by atoms with Crippen molar-refractivity contribution < 1.29 is 49.3 Å². The highest BCUT2D eigenvalue weighted by molar-refractivity contribution is 5.80. The number of aliphatic hydroxyl groups excluding tert-OH is 5. The lowest BCUT2D eigenvalue weighted by atomic mass is 9.99. The summed E-state index contributed by atoms with van der Waals surface area (Å²) in [5, 5.41) is 57.1. The summed E-state index contributed by atoms with van der Waals surface area (Å²) < 4.78 is 17.6. The van der Waals surface area contributed by atoms with E-state index in [4.69, 9.17) is 14.2 Å². The number of nitrogens with one attached hydrogen (secondary N) is 1. The summed E-state index contributed by atoms with van der Waals surface area (Å²) >= 11 is 0. The molecule has 8 unspecified atom stereocenters. The summed E-state index contributed by atoms with van der Waals surface area (Å²) in [6.07, 6.45) is 73.4. The first-order chi connectivity index (χ1) is 41.2. The summed E-state index contributed by atoms with van der Waals surface area (Å²) in [5.74, 6) is -1.24. The molecule has 0 aromatic carbocycles. The van der Waals surface area contributed by atoms with E-state index >= 15 is 0 Å². The van der Waals surface area contributed by atoms with Gasteiger partial charge in [-0.1, -0.05) is 264 Å². The molecular weight excluding hydrogens is 1050 g/mol. The number of rotatable bonds is 55. The van der Waals surface area contributed by atoms with Gasteiger partial charge in [0.05, 0.1) is 25.4 Å². The number of unbranched alkanes of at least 4 members (excludes halogenated alkanes) is 21. The topological polar surface area (TPSA) is 175 Å². The van der Waals surface area contributed by atoms with E-state index in [0.29, 0.717) is 12.8 Å². The van der Waals surface area contributed by atoms with Gasteiger partial charge in [0.1, 0.15) is 24.4 Å². The Bertz CT molecular complexity index is 1880. The van der Waals surface area contributed by atoms with Crippen molar-refractivity contribution in [3.05, 3.63) is 134 Å². The van der Waals surface area contributed by atoms with Gasteiger partial charge in [0, 0.05) is 6.42 Å². The maximum absolute atomic E-state index is 13.5. The maximum atomic E-state index is 13.5. The van der Waals surface area contributed by atoms with Gasteiger partial charge < -0.3 is 45.1 Å². The predicted molar refractivity (Wildman–Crippen MR) is 351 cm³/mol. The summed E-state index contributed by atoms with van der Waals surface area (Å²) in [6, 6.07) is -1.04. The molecule has 8 atom stereocenters. The number of carbonyl (C=O) groups is 2. The van der Waals surface area contributed by atoms with Gasteiger partial charge in [-0.05, 0) is 116 Å². The van der Waals surface area contributed by atoms with Crippen LogP contribution >= 0.6 is 0 Å². The Morgan fingerprint density at radius 3 is 1.29 bits per heavy atom. The minimum Gasteiger partial charge on any atom is -0.454 e. The average molecular weight is 1170 g/mol. The fourth-order valence-electron chi connectivity index (χ4n) is 9.59. The van der Waals surface area contributed by atoms with Crippen LogP contribution in [0.4, 0.5) is 0 Å². The number of allylic oxidation sites excluding steroid dienone is 21. The van der Waals surface area contributed by atoms with Crippen molar-refractivity contribution in [2.24, 2.45) is 0 Å². The normalized spacial score (nSPS) is 19.4. The van der Waals surface area contributed by atoms with Crippen molar-refractivity contribution in [1.29, 1.82) is 0 Å². The molecule has 1 saturated heterocycles. The Morgan fingerprint density at radius 2 is 0.857 bits per heavy atom. The molecule has 0 spiro atoms. The highest BCUT2D eigenvalue weighted by atomic mass is 16.7. The Kier molecular flexibility index (Phi) is 54.8. The molecule has 11 heteroatoms. The van der Waals surface area contributed by atoms with E-state index in [-0.39, 0.29) is 19.4 Å². The number of ether oxygens (including phenoxy) is 3. The van der Waals surface area contributed by atoms with Crippen LogP contribution in [-0.2, 0) is 23.8 Å². The van der Waals surface area contributed by atoms with Crippen molar-refractivity contribution in [3.63, 3.8) is 0 Å². The molecule has 6 N–H and O–H groups in total. The zero-order chi connectivity index (χ0) is 61.0. The molecular formula is C73H121NO10. The van der Waals surface area contributed by atoms with Crippen molar-refractivity contribution in [1.82, 2.24) is 5.32 Å². The quantitative estimate of drug-likeness (QED) is 0.0195. The first kappa shape index (κ1) is 77.8. The van der Waals surface area contributed by atoms with Crippen LogP contribution in [0.2, 0.25) is 0 Å². The SMILES string of the molecule is CC/C=C\C/C=C\C/C=C\C/C=C\C/C=C\CCCCCCCCCCC(O)C(=O)NC(COC1OC(CO)C(O)C(O)C1OC(=O)CCCCC/C=C\C/C=C\C/C=C\C/C=C\C/C=C\CC)C(O)/C=C/CCCCCCCCCCCC. The lowest BCUT2D eigenvalue weighted by Crippen LogP contribution is -2.61. The Hall–Kier alpha value is -4.20. The van der Waals surface area contributed by atoms with Crippen molar-refractivity contribution in [3.8, 4) is 0 Å². The number of esters is 1. The summed E-state index contributed by atoms with van der Waals surface area (Å²) in [6.45, 7) is 5.54. The first-order valence-electron chi connectivity index (χ1n) is 33.5. The zero-order valence-corrected chi connectivity index (χ0v) is 53.0. The average Bonchev–Trinajstić information content (AvgIpc) is 3.54. The summed E-state index contributed by atoms with van der Waals surface area (Å²) in [7, 11) is 0. The smallest absolute Gasteiger partial charge is 0.306 e. The molecule has 1 fully saturated rings. The van der Waals surface area contributed by atoms with Crippen molar-refractivity contribution in [2.45, 2.75) is 301 Å². The third kappa shape index (κ3) is 46.1. The third-order valence-electron chi connectivity index (χ3n) is 14.8. The number of hydrogen-bond acceptors (Lipinski definition) is 10. The van der Waals surface area contributed by atoms with Crippen LogP contribution in [0, 0.1) is 0 Å². The molecule has 0 aromatic heterocycles. The Balaban J connectivity index is 2.65. The molecule has 1 aliphatic rings. The van der Waals surface area contributed by atoms with Crippen LogP contribution in [0.5, 0.6) is 0 Å². The van der Waals surface area contributed by atoms with Crippen LogP contribution in [0.3, 0.4) is 0 Å². The van der Waals surface area contributed by atoms with E-state index in [2.05, 4.69) is 148 Å². The van der Waals surface area contributed by atoms with E-state index in [1.54, 1.807) is 6.08 Å². The summed E-state index contributed by atoms with van der Waals surface area (Å²) in [5.41, 5.74) is 0. The highest BCUT2D eigenvalue weighted by Crippen LogP contribution is 2.26. The molecule has 84 heavy (non-hydrogen) atoms. The van der Waals surface area contributed by atoms with E-state index in [9.17, 15) is 35.1 Å². The Labute approximate surface area is 512 Å². The molecule has 0 aromatic rings. The highest BCUT2D eigenvalue weighted by Gasteiger charge is 2.47. The van der Waals surface area contributed by atoms with Crippen molar-refractivity contribution in [2.75, 3.05) is 13.2 Å². The molecule has 1 aliphatic heterocycles. The second kappa shape index (κ2) is 59.1. The number of aliphatic hydroxyl groups is 5. The first-order valence-corrected chi connectivity index (χ1v) is 33.5. The molecule has 0 bridgehead atoms. The van der Waals surface area contributed by atoms with Gasteiger partial charge in [-0.3, -0.25) is 9.59 Å². The number of carbonyl (C=O) groups excluding carboxylic acids is 2. The third-order valence-corrected chi connectivity index (χ3v) is 14.8. The second-order valence-electron chi connectivity index (χ2n) is 22.4. The van der Waals surface area contributed by atoms with E-state index in [0.717, 1.165) is 141 Å². The minimum atomic E-state index is -1.64. The lowest BCUT2D eigenvalue weighted by Gasteiger charge is -2.41. The monoisotopic (exact) mass is 1170 g/mol. The van der Waals surface area contributed by atoms with Gasteiger partial charge in [-0.15, -0.1) is 0 Å². The molecule has 0 saturated carbocycles. The van der Waals surface area contributed by atoms with Gasteiger partial charge in [0.2, 0.25) is 5.91 Å². The lowest BCUT2D eigenvalue weighted by molar-refractivity contribution is -0.305. The molecule has 478 valence electrons. The van der Waals surface area contributed by atoms with E-state index < -0.39 is 67.4 Å². The molecule has 1 rings (SSSR count).